The predicted molar refractivity (Wildman–Crippen MR) is 94.8 cm³/mol. The molecule has 2 rings (SSSR count). The molecule has 2 aromatic rings. The second-order valence-corrected chi connectivity index (χ2v) is 6.55. The average molecular weight is 330 g/mol. The molecule has 0 spiro atoms. The van der Waals surface area contributed by atoms with Gasteiger partial charge in [-0.25, -0.2) is 0 Å². The summed E-state index contributed by atoms with van der Waals surface area (Å²) in [4.78, 5) is 0. The van der Waals surface area contributed by atoms with E-state index in [-0.39, 0.29) is 23.0 Å². The zero-order chi connectivity index (χ0) is 17.7. The molecule has 0 saturated carbocycles. The first-order valence-corrected chi connectivity index (χ1v) is 8.43. The summed E-state index contributed by atoms with van der Waals surface area (Å²) in [5.41, 5.74) is 0.680. The molecule has 0 unspecified atom stereocenters. The molecule has 0 aliphatic carbocycles. The molecule has 2 aromatic carbocycles. The van der Waals surface area contributed by atoms with Crippen LogP contribution in [0.1, 0.15) is 57.1 Å². The monoisotopic (exact) mass is 330 g/mol. The molecule has 24 heavy (non-hydrogen) atoms. The van der Waals surface area contributed by atoms with Crippen LogP contribution in [0, 0.1) is 0 Å². The number of rotatable bonds is 7. The smallest absolute Gasteiger partial charge is 0.123 e. The van der Waals surface area contributed by atoms with Crippen LogP contribution in [0.4, 0.5) is 0 Å². The van der Waals surface area contributed by atoms with E-state index in [0.717, 1.165) is 32.1 Å². The molecule has 0 saturated heterocycles. The molecule has 0 atom stereocenters. The first-order chi connectivity index (χ1) is 11.4. The molecule has 4 N–H and O–H groups in total. The SMILES string of the molecule is CCCCCCC(C)(c1ccc(O)cc1O)c1ccc(O)cc1O. The van der Waals surface area contributed by atoms with Gasteiger partial charge in [-0.2, -0.15) is 0 Å². The van der Waals surface area contributed by atoms with E-state index >= 15 is 0 Å². The van der Waals surface area contributed by atoms with Gasteiger partial charge in [0.2, 0.25) is 0 Å². The van der Waals surface area contributed by atoms with Gasteiger partial charge in [-0.3, -0.25) is 0 Å². The highest BCUT2D eigenvalue weighted by Gasteiger charge is 2.33. The van der Waals surface area contributed by atoms with E-state index in [4.69, 9.17) is 0 Å². The van der Waals surface area contributed by atoms with Gasteiger partial charge < -0.3 is 20.4 Å². The predicted octanol–water partition coefficient (Wildman–Crippen LogP) is 4.79. The lowest BCUT2D eigenvalue weighted by Crippen LogP contribution is -2.24. The van der Waals surface area contributed by atoms with Crippen LogP contribution in [0.25, 0.3) is 0 Å². The van der Waals surface area contributed by atoms with Crippen molar-refractivity contribution in [2.24, 2.45) is 0 Å². The zero-order valence-corrected chi connectivity index (χ0v) is 14.3. The standard InChI is InChI=1S/C20H26O4/c1-3-4-5-6-11-20(2,16-9-7-14(21)12-18(16)23)17-10-8-15(22)13-19(17)24/h7-10,12-13,21-24H,3-6,11H2,1-2H3. The second-order valence-electron chi connectivity index (χ2n) is 6.55. The summed E-state index contributed by atoms with van der Waals surface area (Å²) in [5.74, 6) is -0.0000415. The summed E-state index contributed by atoms with van der Waals surface area (Å²) in [6.45, 7) is 4.12. The first-order valence-electron chi connectivity index (χ1n) is 8.43. The maximum absolute atomic E-state index is 10.3. The van der Waals surface area contributed by atoms with Crippen molar-refractivity contribution in [2.75, 3.05) is 0 Å². The molecule has 0 bridgehead atoms. The van der Waals surface area contributed by atoms with Gasteiger partial charge in [0.25, 0.3) is 0 Å². The number of hydrogen-bond donors (Lipinski definition) is 4. The van der Waals surface area contributed by atoms with Gasteiger partial charge >= 0.3 is 0 Å². The molecule has 0 aromatic heterocycles. The van der Waals surface area contributed by atoms with E-state index < -0.39 is 5.41 Å². The largest absolute Gasteiger partial charge is 0.508 e. The summed E-state index contributed by atoms with van der Waals surface area (Å²) in [5, 5.41) is 39.8. The van der Waals surface area contributed by atoms with E-state index in [9.17, 15) is 20.4 Å². The third-order valence-corrected chi connectivity index (χ3v) is 4.68. The van der Waals surface area contributed by atoms with Gasteiger partial charge in [-0.1, -0.05) is 51.7 Å². The molecule has 0 aliphatic rings. The van der Waals surface area contributed by atoms with Gasteiger partial charge in [0.1, 0.15) is 23.0 Å². The Hall–Kier alpha value is -2.36. The molecule has 0 fully saturated rings. The molecular formula is C20H26O4. The zero-order valence-electron chi connectivity index (χ0n) is 14.3. The fourth-order valence-corrected chi connectivity index (χ4v) is 3.29. The Kier molecular flexibility index (Phi) is 5.60. The van der Waals surface area contributed by atoms with Gasteiger partial charge in [0.15, 0.2) is 0 Å². The lowest BCUT2D eigenvalue weighted by molar-refractivity contribution is 0.396. The van der Waals surface area contributed by atoms with Crippen molar-refractivity contribution in [3.05, 3.63) is 47.5 Å². The summed E-state index contributed by atoms with van der Waals surface area (Å²) in [6.07, 6.45) is 5.03. The number of phenolic OH excluding ortho intramolecular Hbond substituents is 4. The number of phenols is 4. The lowest BCUT2D eigenvalue weighted by atomic mass is 9.72. The van der Waals surface area contributed by atoms with Crippen LogP contribution in [0.3, 0.4) is 0 Å². The van der Waals surface area contributed by atoms with Crippen LogP contribution in [-0.4, -0.2) is 20.4 Å². The number of hydrogen-bond acceptors (Lipinski definition) is 4. The van der Waals surface area contributed by atoms with Crippen LogP contribution < -0.4 is 0 Å². The Morgan fingerprint density at radius 3 is 1.67 bits per heavy atom. The Labute approximate surface area is 143 Å². The van der Waals surface area contributed by atoms with Crippen molar-refractivity contribution in [1.82, 2.24) is 0 Å². The minimum Gasteiger partial charge on any atom is -0.508 e. The van der Waals surface area contributed by atoms with Crippen LogP contribution in [0.2, 0.25) is 0 Å². The maximum Gasteiger partial charge on any atom is 0.123 e. The Bertz CT molecular complexity index is 643. The van der Waals surface area contributed by atoms with Crippen LogP contribution in [0.15, 0.2) is 36.4 Å². The highest BCUT2D eigenvalue weighted by atomic mass is 16.3. The first kappa shape index (κ1) is 18.0. The Morgan fingerprint density at radius 2 is 1.25 bits per heavy atom. The maximum atomic E-state index is 10.3. The Morgan fingerprint density at radius 1 is 0.750 bits per heavy atom. The summed E-state index contributed by atoms with van der Waals surface area (Å²) < 4.78 is 0. The molecule has 4 nitrogen and oxygen atoms in total. The molecular weight excluding hydrogens is 304 g/mol. The van der Waals surface area contributed by atoms with Crippen LogP contribution >= 0.6 is 0 Å². The summed E-state index contributed by atoms with van der Waals surface area (Å²) in [7, 11) is 0. The van der Waals surface area contributed by atoms with E-state index in [1.54, 1.807) is 12.1 Å². The number of aromatic hydroxyl groups is 4. The average Bonchev–Trinajstić information content (AvgIpc) is 2.51. The summed E-state index contributed by atoms with van der Waals surface area (Å²) in [6, 6.07) is 9.09. The fraction of sp³-hybridized carbons (Fsp3) is 0.400. The van der Waals surface area contributed by atoms with Crippen molar-refractivity contribution < 1.29 is 20.4 Å². The Balaban J connectivity index is 2.47. The van der Waals surface area contributed by atoms with Crippen molar-refractivity contribution in [2.45, 2.75) is 51.4 Å². The second kappa shape index (κ2) is 7.47. The van der Waals surface area contributed by atoms with E-state index in [0.29, 0.717) is 11.1 Å². The van der Waals surface area contributed by atoms with E-state index in [1.807, 2.05) is 6.92 Å². The molecule has 0 aliphatic heterocycles. The molecule has 0 heterocycles. The minimum atomic E-state index is -0.622. The highest BCUT2D eigenvalue weighted by Crippen LogP contribution is 2.45. The van der Waals surface area contributed by atoms with Crippen LogP contribution in [-0.2, 0) is 5.41 Å². The molecule has 0 amide bonds. The highest BCUT2D eigenvalue weighted by molar-refractivity contribution is 5.53. The number of unbranched alkanes of at least 4 members (excludes halogenated alkanes) is 3. The minimum absolute atomic E-state index is 0.000432. The van der Waals surface area contributed by atoms with Gasteiger partial charge in [0, 0.05) is 28.7 Å². The number of benzene rings is 2. The van der Waals surface area contributed by atoms with Crippen molar-refractivity contribution in [1.29, 1.82) is 0 Å². The van der Waals surface area contributed by atoms with Gasteiger partial charge in [0.05, 0.1) is 0 Å². The van der Waals surface area contributed by atoms with Crippen molar-refractivity contribution >= 4 is 0 Å². The third-order valence-electron chi connectivity index (χ3n) is 4.68. The molecule has 4 heteroatoms. The lowest BCUT2D eigenvalue weighted by Gasteiger charge is -2.32. The summed E-state index contributed by atoms with van der Waals surface area (Å²) >= 11 is 0. The van der Waals surface area contributed by atoms with Crippen molar-refractivity contribution in [3.63, 3.8) is 0 Å². The van der Waals surface area contributed by atoms with E-state index in [2.05, 4.69) is 6.92 Å². The quantitative estimate of drug-likeness (QED) is 0.550. The van der Waals surface area contributed by atoms with Gasteiger partial charge in [-0.05, 0) is 18.6 Å². The molecule has 130 valence electrons. The van der Waals surface area contributed by atoms with Gasteiger partial charge in [-0.15, -0.1) is 0 Å². The topological polar surface area (TPSA) is 80.9 Å². The third kappa shape index (κ3) is 3.75. The van der Waals surface area contributed by atoms with Crippen molar-refractivity contribution in [3.8, 4) is 23.0 Å². The normalized spacial score (nSPS) is 11.6. The van der Waals surface area contributed by atoms with Crippen LogP contribution in [0.5, 0.6) is 23.0 Å². The molecule has 0 radical (unpaired) electrons. The fourth-order valence-electron chi connectivity index (χ4n) is 3.29. The van der Waals surface area contributed by atoms with E-state index in [1.165, 1.54) is 24.3 Å².